The molecule has 0 spiro atoms. The van der Waals surface area contributed by atoms with Gasteiger partial charge in [-0.25, -0.2) is 4.98 Å². The molecule has 18 heavy (non-hydrogen) atoms. The molecule has 96 valence electrons. The molecule has 4 heteroatoms. The van der Waals surface area contributed by atoms with Crippen molar-refractivity contribution in [2.45, 2.75) is 12.8 Å². The summed E-state index contributed by atoms with van der Waals surface area (Å²) >= 11 is 0. The van der Waals surface area contributed by atoms with E-state index < -0.39 is 0 Å². The van der Waals surface area contributed by atoms with Crippen molar-refractivity contribution in [2.75, 3.05) is 20.7 Å². The van der Waals surface area contributed by atoms with Crippen LogP contribution in [-0.4, -0.2) is 25.7 Å². The van der Waals surface area contributed by atoms with Crippen molar-refractivity contribution < 1.29 is 9.15 Å². The SMILES string of the molecule is CNCCCc1ncc(-c2ccccc2OC)o1. The Hall–Kier alpha value is -1.81. The maximum absolute atomic E-state index is 5.74. The molecule has 1 heterocycles. The van der Waals surface area contributed by atoms with Gasteiger partial charge < -0.3 is 14.5 Å². The largest absolute Gasteiger partial charge is 0.496 e. The van der Waals surface area contributed by atoms with E-state index in [1.165, 1.54) is 0 Å². The van der Waals surface area contributed by atoms with E-state index in [-0.39, 0.29) is 0 Å². The molecule has 0 unspecified atom stereocenters. The Bertz CT molecular complexity index is 494. The normalized spacial score (nSPS) is 10.6. The number of nitrogens with zero attached hydrogens (tertiary/aromatic N) is 1. The number of aryl methyl sites for hydroxylation is 1. The molecule has 0 amide bonds. The molecular formula is C14H18N2O2. The first-order valence-electron chi connectivity index (χ1n) is 6.08. The predicted octanol–water partition coefficient (Wildman–Crippen LogP) is 2.50. The third kappa shape index (κ3) is 2.90. The number of nitrogens with one attached hydrogen (secondary N) is 1. The van der Waals surface area contributed by atoms with Crippen LogP contribution in [0.25, 0.3) is 11.3 Å². The van der Waals surface area contributed by atoms with Crippen LogP contribution in [-0.2, 0) is 6.42 Å². The van der Waals surface area contributed by atoms with E-state index in [1.807, 2.05) is 31.3 Å². The zero-order chi connectivity index (χ0) is 12.8. The maximum atomic E-state index is 5.74. The molecule has 4 nitrogen and oxygen atoms in total. The number of rotatable bonds is 6. The van der Waals surface area contributed by atoms with Gasteiger partial charge in [-0.05, 0) is 32.1 Å². The minimum Gasteiger partial charge on any atom is -0.496 e. The van der Waals surface area contributed by atoms with Gasteiger partial charge >= 0.3 is 0 Å². The van der Waals surface area contributed by atoms with E-state index in [1.54, 1.807) is 13.3 Å². The summed E-state index contributed by atoms with van der Waals surface area (Å²) in [6.07, 6.45) is 3.62. The Morgan fingerprint density at radius 2 is 2.17 bits per heavy atom. The third-order valence-corrected chi connectivity index (χ3v) is 2.74. The van der Waals surface area contributed by atoms with Gasteiger partial charge in [0.05, 0.1) is 18.9 Å². The number of ether oxygens (including phenoxy) is 1. The topological polar surface area (TPSA) is 47.3 Å². The van der Waals surface area contributed by atoms with Crippen LogP contribution in [0.5, 0.6) is 5.75 Å². The van der Waals surface area contributed by atoms with Gasteiger partial charge in [0.1, 0.15) is 5.75 Å². The number of hydrogen-bond acceptors (Lipinski definition) is 4. The number of hydrogen-bond donors (Lipinski definition) is 1. The lowest BCUT2D eigenvalue weighted by atomic mass is 10.1. The van der Waals surface area contributed by atoms with Crippen molar-refractivity contribution in [2.24, 2.45) is 0 Å². The molecule has 1 aromatic heterocycles. The highest BCUT2D eigenvalue weighted by molar-refractivity contribution is 5.64. The lowest BCUT2D eigenvalue weighted by Crippen LogP contribution is -2.08. The summed E-state index contributed by atoms with van der Waals surface area (Å²) in [5, 5.41) is 3.11. The molecule has 0 bridgehead atoms. The second-order valence-electron chi connectivity index (χ2n) is 4.03. The number of aromatic nitrogens is 1. The minimum atomic E-state index is 0.756. The first-order chi connectivity index (χ1) is 8.85. The standard InChI is InChI=1S/C14H18N2O2/c1-15-9-5-8-14-16-10-13(18-14)11-6-3-4-7-12(11)17-2/h3-4,6-7,10,15H,5,8-9H2,1-2H3. The van der Waals surface area contributed by atoms with Crippen LogP contribution in [0, 0.1) is 0 Å². The monoisotopic (exact) mass is 246 g/mol. The Morgan fingerprint density at radius 1 is 1.33 bits per heavy atom. The first-order valence-corrected chi connectivity index (χ1v) is 6.08. The zero-order valence-corrected chi connectivity index (χ0v) is 10.8. The molecule has 0 aliphatic carbocycles. The van der Waals surface area contributed by atoms with Crippen LogP contribution in [0.4, 0.5) is 0 Å². The van der Waals surface area contributed by atoms with Gasteiger partial charge in [-0.1, -0.05) is 12.1 Å². The fraction of sp³-hybridized carbons (Fsp3) is 0.357. The summed E-state index contributed by atoms with van der Waals surface area (Å²) in [4.78, 5) is 4.29. The van der Waals surface area contributed by atoms with E-state index in [4.69, 9.17) is 9.15 Å². The van der Waals surface area contributed by atoms with Crippen molar-refractivity contribution in [1.82, 2.24) is 10.3 Å². The van der Waals surface area contributed by atoms with Crippen LogP contribution >= 0.6 is 0 Å². The van der Waals surface area contributed by atoms with Crippen LogP contribution in [0.3, 0.4) is 0 Å². The Morgan fingerprint density at radius 3 is 2.94 bits per heavy atom. The van der Waals surface area contributed by atoms with Gasteiger partial charge in [-0.15, -0.1) is 0 Å². The number of para-hydroxylation sites is 1. The molecule has 2 aromatic rings. The zero-order valence-electron chi connectivity index (χ0n) is 10.8. The summed E-state index contributed by atoms with van der Waals surface area (Å²) in [5.74, 6) is 2.33. The average Bonchev–Trinajstić information content (AvgIpc) is 2.88. The molecule has 0 saturated heterocycles. The smallest absolute Gasteiger partial charge is 0.194 e. The predicted molar refractivity (Wildman–Crippen MR) is 70.7 cm³/mol. The van der Waals surface area contributed by atoms with Crippen LogP contribution in [0.2, 0.25) is 0 Å². The molecule has 0 fully saturated rings. The summed E-state index contributed by atoms with van der Waals surface area (Å²) in [7, 11) is 3.60. The molecule has 0 saturated carbocycles. The third-order valence-electron chi connectivity index (χ3n) is 2.74. The van der Waals surface area contributed by atoms with Crippen molar-refractivity contribution in [3.8, 4) is 17.1 Å². The van der Waals surface area contributed by atoms with Crippen molar-refractivity contribution in [3.63, 3.8) is 0 Å². The van der Waals surface area contributed by atoms with Crippen LogP contribution < -0.4 is 10.1 Å². The van der Waals surface area contributed by atoms with Gasteiger partial charge in [-0.2, -0.15) is 0 Å². The summed E-state index contributed by atoms with van der Waals surface area (Å²) < 4.78 is 11.0. The molecule has 1 N–H and O–H groups in total. The van der Waals surface area contributed by atoms with Crippen LogP contribution in [0.1, 0.15) is 12.3 Å². The molecule has 0 aliphatic heterocycles. The molecule has 2 rings (SSSR count). The highest BCUT2D eigenvalue weighted by Gasteiger charge is 2.10. The van der Waals surface area contributed by atoms with E-state index >= 15 is 0 Å². The lowest BCUT2D eigenvalue weighted by Gasteiger charge is -2.04. The van der Waals surface area contributed by atoms with E-state index in [0.29, 0.717) is 0 Å². The second kappa shape index (κ2) is 6.21. The van der Waals surface area contributed by atoms with E-state index in [9.17, 15) is 0 Å². The number of oxazole rings is 1. The highest BCUT2D eigenvalue weighted by atomic mass is 16.5. The highest BCUT2D eigenvalue weighted by Crippen LogP contribution is 2.29. The molecule has 1 aromatic carbocycles. The molecule has 0 atom stereocenters. The molecular weight excluding hydrogens is 228 g/mol. The van der Waals surface area contributed by atoms with Crippen molar-refractivity contribution in [1.29, 1.82) is 0 Å². The summed E-state index contributed by atoms with van der Waals surface area (Å²) in [6, 6.07) is 7.78. The average molecular weight is 246 g/mol. The minimum absolute atomic E-state index is 0.756. The fourth-order valence-electron chi connectivity index (χ4n) is 1.81. The van der Waals surface area contributed by atoms with Crippen molar-refractivity contribution in [3.05, 3.63) is 36.4 Å². The lowest BCUT2D eigenvalue weighted by molar-refractivity contribution is 0.413. The van der Waals surface area contributed by atoms with Gasteiger partial charge in [0.2, 0.25) is 0 Å². The Kier molecular flexibility index (Phi) is 4.36. The fourth-order valence-corrected chi connectivity index (χ4v) is 1.81. The van der Waals surface area contributed by atoms with E-state index in [2.05, 4.69) is 10.3 Å². The summed E-state index contributed by atoms with van der Waals surface area (Å²) in [6.45, 7) is 0.965. The Labute approximate surface area is 107 Å². The maximum Gasteiger partial charge on any atom is 0.194 e. The summed E-state index contributed by atoms with van der Waals surface area (Å²) in [5.41, 5.74) is 0.937. The number of benzene rings is 1. The van der Waals surface area contributed by atoms with Gasteiger partial charge in [0, 0.05) is 6.42 Å². The molecule has 0 aliphatic rings. The number of methoxy groups -OCH3 is 1. The first kappa shape index (κ1) is 12.6. The van der Waals surface area contributed by atoms with Gasteiger partial charge in [-0.3, -0.25) is 0 Å². The van der Waals surface area contributed by atoms with Crippen LogP contribution in [0.15, 0.2) is 34.9 Å². The molecule has 0 radical (unpaired) electrons. The Balaban J connectivity index is 2.13. The van der Waals surface area contributed by atoms with Gasteiger partial charge in [0.25, 0.3) is 0 Å². The quantitative estimate of drug-likeness (QED) is 0.795. The van der Waals surface area contributed by atoms with Gasteiger partial charge in [0.15, 0.2) is 11.7 Å². The van der Waals surface area contributed by atoms with Crippen molar-refractivity contribution >= 4 is 0 Å². The van der Waals surface area contributed by atoms with E-state index in [0.717, 1.165) is 42.4 Å². The second-order valence-corrected chi connectivity index (χ2v) is 4.03.